The maximum Gasteiger partial charge on any atom is 0.247 e. The van der Waals surface area contributed by atoms with Crippen molar-refractivity contribution < 1.29 is 14.0 Å². The lowest BCUT2D eigenvalue weighted by Crippen LogP contribution is -2.45. The fourth-order valence-electron chi connectivity index (χ4n) is 3.88. The molecule has 0 aliphatic rings. The number of carbonyl (C=O) groups excluding carboxylic acids is 2. The third-order valence-corrected chi connectivity index (χ3v) is 5.75. The van der Waals surface area contributed by atoms with Gasteiger partial charge in [0.1, 0.15) is 23.9 Å². The summed E-state index contributed by atoms with van der Waals surface area (Å²) in [6.07, 6.45) is 3.24. The number of nitrogens with one attached hydrogen (secondary N) is 1. The van der Waals surface area contributed by atoms with Gasteiger partial charge < -0.3 is 14.6 Å². The van der Waals surface area contributed by atoms with Crippen molar-refractivity contribution in [1.29, 1.82) is 0 Å². The summed E-state index contributed by atoms with van der Waals surface area (Å²) in [6, 6.07) is 18.0. The zero-order chi connectivity index (χ0) is 23.9. The van der Waals surface area contributed by atoms with Gasteiger partial charge in [0.15, 0.2) is 0 Å². The SMILES string of the molecule is CCCCN(C(=O)Cn1nnc2ccccc21)[C@@H](C(=O)NCc1ccco1)c1ccc(C)cc1. The number of carbonyl (C=O) groups is 2. The van der Waals surface area contributed by atoms with E-state index < -0.39 is 6.04 Å². The van der Waals surface area contributed by atoms with Crippen LogP contribution in [0.1, 0.15) is 42.7 Å². The zero-order valence-corrected chi connectivity index (χ0v) is 19.5. The number of nitrogens with zero attached hydrogens (tertiary/aromatic N) is 4. The average molecular weight is 460 g/mol. The number of para-hydroxylation sites is 1. The minimum absolute atomic E-state index is 0.00193. The highest BCUT2D eigenvalue weighted by atomic mass is 16.3. The van der Waals surface area contributed by atoms with E-state index in [2.05, 4.69) is 22.6 Å². The number of hydrogen-bond donors (Lipinski definition) is 1. The lowest BCUT2D eigenvalue weighted by Gasteiger charge is -2.31. The number of aryl methyl sites for hydroxylation is 1. The Hall–Kier alpha value is -3.94. The number of fused-ring (bicyclic) bond motifs is 1. The van der Waals surface area contributed by atoms with Crippen LogP contribution in [-0.2, 0) is 22.7 Å². The van der Waals surface area contributed by atoms with Crippen molar-refractivity contribution >= 4 is 22.8 Å². The number of rotatable bonds is 10. The first-order valence-corrected chi connectivity index (χ1v) is 11.5. The molecule has 0 saturated heterocycles. The van der Waals surface area contributed by atoms with E-state index in [0.717, 1.165) is 35.0 Å². The third kappa shape index (κ3) is 5.33. The van der Waals surface area contributed by atoms with Gasteiger partial charge in [0, 0.05) is 6.54 Å². The first kappa shape index (κ1) is 23.2. The molecule has 34 heavy (non-hydrogen) atoms. The molecule has 0 aliphatic carbocycles. The van der Waals surface area contributed by atoms with Crippen molar-refractivity contribution in [2.45, 2.75) is 45.8 Å². The van der Waals surface area contributed by atoms with Crippen molar-refractivity contribution in [3.8, 4) is 0 Å². The highest BCUT2D eigenvalue weighted by Crippen LogP contribution is 2.24. The van der Waals surface area contributed by atoms with Crippen molar-refractivity contribution in [3.63, 3.8) is 0 Å². The fourth-order valence-corrected chi connectivity index (χ4v) is 3.88. The summed E-state index contributed by atoms with van der Waals surface area (Å²) in [5.41, 5.74) is 3.34. The van der Waals surface area contributed by atoms with Gasteiger partial charge in [0.25, 0.3) is 0 Å². The number of hydrogen-bond acceptors (Lipinski definition) is 5. The smallest absolute Gasteiger partial charge is 0.247 e. The van der Waals surface area contributed by atoms with Crippen molar-refractivity contribution in [3.05, 3.63) is 83.8 Å². The van der Waals surface area contributed by atoms with Crippen LogP contribution in [0.4, 0.5) is 0 Å². The van der Waals surface area contributed by atoms with E-state index in [1.807, 2.05) is 55.5 Å². The molecule has 0 saturated carbocycles. The number of furan rings is 1. The van der Waals surface area contributed by atoms with Crippen molar-refractivity contribution in [1.82, 2.24) is 25.2 Å². The second-order valence-electron chi connectivity index (χ2n) is 8.29. The molecule has 0 radical (unpaired) electrons. The van der Waals surface area contributed by atoms with Gasteiger partial charge in [-0.15, -0.1) is 5.10 Å². The van der Waals surface area contributed by atoms with Crippen LogP contribution in [0, 0.1) is 6.92 Å². The number of aromatic nitrogens is 3. The largest absolute Gasteiger partial charge is 0.467 e. The van der Waals surface area contributed by atoms with Crippen LogP contribution in [0.5, 0.6) is 0 Å². The summed E-state index contributed by atoms with van der Waals surface area (Å²) < 4.78 is 6.94. The number of amides is 2. The molecule has 4 aromatic rings. The number of unbranched alkanes of at least 4 members (excludes halogenated alkanes) is 1. The molecule has 2 aromatic carbocycles. The van der Waals surface area contributed by atoms with Gasteiger partial charge in [0.05, 0.1) is 18.3 Å². The molecular formula is C26H29N5O3. The average Bonchev–Trinajstić information content (AvgIpc) is 3.51. The Morgan fingerprint density at radius 1 is 1.09 bits per heavy atom. The van der Waals surface area contributed by atoms with Gasteiger partial charge in [-0.3, -0.25) is 9.59 Å². The minimum Gasteiger partial charge on any atom is -0.467 e. The highest BCUT2D eigenvalue weighted by Gasteiger charge is 2.31. The quantitative estimate of drug-likeness (QED) is 0.387. The van der Waals surface area contributed by atoms with Gasteiger partial charge in [-0.2, -0.15) is 0 Å². The molecule has 4 rings (SSSR count). The normalized spacial score (nSPS) is 11.9. The number of benzene rings is 2. The maximum atomic E-state index is 13.6. The molecule has 1 N–H and O–H groups in total. The molecule has 8 heteroatoms. The topological polar surface area (TPSA) is 93.3 Å². The monoisotopic (exact) mass is 459 g/mol. The Labute approximate surface area is 198 Å². The predicted octanol–water partition coefficient (Wildman–Crippen LogP) is 4.02. The van der Waals surface area contributed by atoms with E-state index in [9.17, 15) is 9.59 Å². The maximum absolute atomic E-state index is 13.6. The van der Waals surface area contributed by atoms with Crippen LogP contribution in [0.3, 0.4) is 0 Å². The van der Waals surface area contributed by atoms with Gasteiger partial charge in [0.2, 0.25) is 11.8 Å². The Morgan fingerprint density at radius 2 is 1.88 bits per heavy atom. The summed E-state index contributed by atoms with van der Waals surface area (Å²) in [5.74, 6) is 0.201. The van der Waals surface area contributed by atoms with E-state index in [1.165, 1.54) is 0 Å². The summed E-state index contributed by atoms with van der Waals surface area (Å²) in [7, 11) is 0. The van der Waals surface area contributed by atoms with Gasteiger partial charge >= 0.3 is 0 Å². The molecule has 1 atom stereocenters. The summed E-state index contributed by atoms with van der Waals surface area (Å²) in [4.78, 5) is 28.7. The van der Waals surface area contributed by atoms with Crippen molar-refractivity contribution in [2.24, 2.45) is 0 Å². The molecular weight excluding hydrogens is 430 g/mol. The van der Waals surface area contributed by atoms with Crippen LogP contribution in [0.2, 0.25) is 0 Å². The Morgan fingerprint density at radius 3 is 2.62 bits per heavy atom. The third-order valence-electron chi connectivity index (χ3n) is 5.75. The fraction of sp³-hybridized carbons (Fsp3) is 0.308. The zero-order valence-electron chi connectivity index (χ0n) is 19.5. The van der Waals surface area contributed by atoms with Gasteiger partial charge in [-0.05, 0) is 43.2 Å². The molecule has 0 spiro atoms. The molecule has 2 amide bonds. The van der Waals surface area contributed by atoms with E-state index in [4.69, 9.17) is 4.42 Å². The molecule has 2 aromatic heterocycles. The Bertz CT molecular complexity index is 1230. The minimum atomic E-state index is -0.774. The summed E-state index contributed by atoms with van der Waals surface area (Å²) in [6.45, 7) is 4.75. The molecule has 0 unspecified atom stereocenters. The summed E-state index contributed by atoms with van der Waals surface area (Å²) >= 11 is 0. The second kappa shape index (κ2) is 10.8. The molecule has 8 nitrogen and oxygen atoms in total. The predicted molar refractivity (Wildman–Crippen MR) is 129 cm³/mol. The lowest BCUT2D eigenvalue weighted by atomic mass is 10.0. The van der Waals surface area contributed by atoms with E-state index >= 15 is 0 Å². The van der Waals surface area contributed by atoms with Gasteiger partial charge in [-0.25, -0.2) is 4.68 Å². The Balaban J connectivity index is 1.63. The van der Waals surface area contributed by atoms with Crippen LogP contribution >= 0.6 is 0 Å². The first-order valence-electron chi connectivity index (χ1n) is 11.5. The van der Waals surface area contributed by atoms with E-state index in [1.54, 1.807) is 28.0 Å². The molecule has 0 bridgehead atoms. The lowest BCUT2D eigenvalue weighted by molar-refractivity contribution is -0.141. The molecule has 0 aliphatic heterocycles. The van der Waals surface area contributed by atoms with Crippen LogP contribution in [0.25, 0.3) is 11.0 Å². The standard InChI is InChI=1S/C26H29N5O3/c1-3-4-15-30(24(32)18-31-23-10-6-5-9-22(23)28-29-31)25(20-13-11-19(2)12-14-20)26(33)27-17-21-8-7-16-34-21/h5-14,16,25H,3-4,15,17-18H2,1-2H3,(H,27,33)/t25-/m1/s1. The molecule has 176 valence electrons. The Kier molecular flexibility index (Phi) is 7.37. The molecule has 2 heterocycles. The van der Waals surface area contributed by atoms with Crippen molar-refractivity contribution in [2.75, 3.05) is 6.54 Å². The van der Waals surface area contributed by atoms with Crippen LogP contribution in [-0.4, -0.2) is 38.3 Å². The van der Waals surface area contributed by atoms with Gasteiger partial charge in [-0.1, -0.05) is 60.5 Å². The van der Waals surface area contributed by atoms with E-state index in [-0.39, 0.29) is 24.9 Å². The second-order valence-corrected chi connectivity index (χ2v) is 8.29. The van der Waals surface area contributed by atoms with Crippen LogP contribution < -0.4 is 5.32 Å². The first-order chi connectivity index (χ1) is 16.6. The summed E-state index contributed by atoms with van der Waals surface area (Å²) in [5, 5.41) is 11.3. The highest BCUT2D eigenvalue weighted by molar-refractivity contribution is 5.89. The van der Waals surface area contributed by atoms with Crippen LogP contribution in [0.15, 0.2) is 71.3 Å². The molecule has 0 fully saturated rings. The van der Waals surface area contributed by atoms with E-state index in [0.29, 0.717) is 12.3 Å².